The maximum atomic E-state index is 14.8. The Morgan fingerprint density at radius 2 is 1.71 bits per heavy atom. The van der Waals surface area contributed by atoms with Crippen LogP contribution in [0.5, 0.6) is 0 Å². The van der Waals surface area contributed by atoms with Crippen LogP contribution in [0.3, 0.4) is 0 Å². The Morgan fingerprint density at radius 1 is 1.06 bits per heavy atom. The highest BCUT2D eigenvalue weighted by molar-refractivity contribution is 6.31. The lowest BCUT2D eigenvalue weighted by atomic mass is 9.72. The van der Waals surface area contributed by atoms with Gasteiger partial charge in [-0.05, 0) is 49.1 Å². The number of benzene rings is 2. The molecule has 0 unspecified atom stereocenters. The lowest BCUT2D eigenvalue weighted by molar-refractivity contribution is -0.186. The monoisotopic (exact) mass is 490 g/mol. The lowest BCUT2D eigenvalue weighted by Gasteiger charge is -2.35. The van der Waals surface area contributed by atoms with E-state index in [4.69, 9.17) is 11.6 Å². The largest absolute Gasteiger partial charge is 0.425 e. The Hall–Kier alpha value is -3.13. The van der Waals surface area contributed by atoms with Gasteiger partial charge in [0.25, 0.3) is 11.8 Å². The van der Waals surface area contributed by atoms with Crippen LogP contribution < -0.4 is 10.2 Å². The summed E-state index contributed by atoms with van der Waals surface area (Å²) in [6.45, 7) is 5.31. The number of nitrogens with one attached hydrogen (secondary N) is 1. The van der Waals surface area contributed by atoms with E-state index in [0.717, 1.165) is 10.5 Å². The highest BCUT2D eigenvalue weighted by Gasteiger charge is 2.72. The van der Waals surface area contributed by atoms with Crippen molar-refractivity contribution in [3.63, 3.8) is 0 Å². The summed E-state index contributed by atoms with van der Waals surface area (Å²) < 4.78 is 44.5. The number of Topliss-reactive ketones (excluding diaryl/α,β-unsaturated/α-hetero) is 1. The Morgan fingerprint density at radius 3 is 2.29 bits per heavy atom. The molecule has 4 rings (SSSR count). The Bertz CT molecular complexity index is 1230. The number of carbonyl (C=O) groups is 3. The van der Waals surface area contributed by atoms with Crippen LogP contribution >= 0.6 is 11.6 Å². The van der Waals surface area contributed by atoms with Crippen LogP contribution in [-0.4, -0.2) is 29.3 Å². The van der Waals surface area contributed by atoms with Crippen molar-refractivity contribution in [2.45, 2.75) is 45.3 Å². The summed E-state index contributed by atoms with van der Waals surface area (Å²) in [5.74, 6) is -3.42. The van der Waals surface area contributed by atoms with Gasteiger partial charge in [0, 0.05) is 28.4 Å². The van der Waals surface area contributed by atoms with Gasteiger partial charge in [0.15, 0.2) is 5.78 Å². The first-order valence-corrected chi connectivity index (χ1v) is 11.0. The Kier molecular flexibility index (Phi) is 5.63. The molecule has 2 aliphatic rings. The molecule has 1 aliphatic heterocycles. The molecule has 1 heterocycles. The lowest BCUT2D eigenvalue weighted by Crippen LogP contribution is -2.66. The molecule has 2 aromatic rings. The molecule has 34 heavy (non-hydrogen) atoms. The van der Waals surface area contributed by atoms with E-state index >= 15 is 0 Å². The van der Waals surface area contributed by atoms with E-state index in [0.29, 0.717) is 0 Å². The summed E-state index contributed by atoms with van der Waals surface area (Å²) in [6.07, 6.45) is -5.42. The first kappa shape index (κ1) is 24.0. The molecule has 1 aliphatic carbocycles. The van der Waals surface area contributed by atoms with Crippen molar-refractivity contribution in [1.82, 2.24) is 5.32 Å². The van der Waals surface area contributed by atoms with E-state index in [9.17, 15) is 27.6 Å². The SMILES string of the molecule is Cc1ccc(N2C(=O)[C@@](NC(=O)c3cccc(Cl)c3)(C(F)(F)F)C3=C2CC(C)(C)CC3=O)cc1. The van der Waals surface area contributed by atoms with Crippen LogP contribution in [0.2, 0.25) is 5.02 Å². The maximum absolute atomic E-state index is 14.8. The number of ketones is 1. The summed E-state index contributed by atoms with van der Waals surface area (Å²) >= 11 is 5.90. The Balaban J connectivity index is 1.94. The van der Waals surface area contributed by atoms with E-state index < -0.39 is 40.3 Å². The van der Waals surface area contributed by atoms with E-state index in [1.807, 2.05) is 5.32 Å². The maximum Gasteiger partial charge on any atom is 0.425 e. The molecule has 9 heteroatoms. The van der Waals surface area contributed by atoms with Gasteiger partial charge in [0.1, 0.15) is 0 Å². The molecule has 0 saturated heterocycles. The normalized spacial score (nSPS) is 22.1. The quantitative estimate of drug-likeness (QED) is 0.629. The van der Waals surface area contributed by atoms with Gasteiger partial charge >= 0.3 is 6.18 Å². The molecular formula is C25H22ClF3N2O3. The van der Waals surface area contributed by atoms with Crippen molar-refractivity contribution < 1.29 is 27.6 Å². The van der Waals surface area contributed by atoms with Crippen LogP contribution in [0.1, 0.15) is 42.6 Å². The molecule has 0 spiro atoms. The third-order valence-corrected chi connectivity index (χ3v) is 6.36. The molecule has 2 amide bonds. The molecule has 0 radical (unpaired) electrons. The van der Waals surface area contributed by atoms with Gasteiger partial charge in [0.05, 0.1) is 5.57 Å². The van der Waals surface area contributed by atoms with E-state index in [1.54, 1.807) is 32.9 Å². The zero-order chi connectivity index (χ0) is 25.1. The number of hydrogen-bond acceptors (Lipinski definition) is 3. The number of halogens is 4. The summed E-state index contributed by atoms with van der Waals surface area (Å²) in [5.41, 5.74) is -4.07. The summed E-state index contributed by atoms with van der Waals surface area (Å²) in [4.78, 5) is 40.8. The number of allylic oxidation sites excluding steroid dienone is 1. The second-order valence-corrected chi connectivity index (χ2v) is 9.89. The fourth-order valence-electron chi connectivity index (χ4n) is 4.59. The minimum Gasteiger partial charge on any atom is -0.326 e. The number of amides is 2. The number of nitrogens with zero attached hydrogens (tertiary/aromatic N) is 1. The topological polar surface area (TPSA) is 66.5 Å². The van der Waals surface area contributed by atoms with Gasteiger partial charge in [-0.25, -0.2) is 0 Å². The second kappa shape index (κ2) is 7.98. The number of rotatable bonds is 3. The van der Waals surface area contributed by atoms with E-state index in [2.05, 4.69) is 0 Å². The van der Waals surface area contributed by atoms with Crippen molar-refractivity contribution in [2.75, 3.05) is 4.90 Å². The number of carbonyl (C=O) groups excluding carboxylic acids is 3. The highest BCUT2D eigenvalue weighted by Crippen LogP contribution is 2.52. The predicted molar refractivity (Wildman–Crippen MR) is 121 cm³/mol. The molecular weight excluding hydrogens is 469 g/mol. The standard InChI is InChI=1S/C25H22ClF3N2O3/c1-14-7-9-17(10-8-14)31-18-12-23(2,3)13-19(32)20(18)24(22(31)34,25(27,28)29)30-21(33)15-5-4-6-16(26)11-15/h4-11H,12-13H2,1-3H3,(H,30,33)/t24-/m1/s1. The molecule has 2 aromatic carbocycles. The van der Waals surface area contributed by atoms with Gasteiger partial charge in [-0.3, -0.25) is 19.3 Å². The number of aryl methyl sites for hydroxylation is 1. The third-order valence-electron chi connectivity index (χ3n) is 6.13. The van der Waals surface area contributed by atoms with Gasteiger partial charge in [-0.15, -0.1) is 0 Å². The predicted octanol–water partition coefficient (Wildman–Crippen LogP) is 5.37. The van der Waals surface area contributed by atoms with Gasteiger partial charge < -0.3 is 5.32 Å². The van der Waals surface area contributed by atoms with Crippen LogP contribution in [0.4, 0.5) is 18.9 Å². The van der Waals surface area contributed by atoms with Crippen LogP contribution in [0.25, 0.3) is 0 Å². The van der Waals surface area contributed by atoms with Crippen molar-refractivity contribution in [1.29, 1.82) is 0 Å². The Labute approximate surface area is 199 Å². The van der Waals surface area contributed by atoms with Crippen molar-refractivity contribution >= 4 is 34.9 Å². The zero-order valence-corrected chi connectivity index (χ0v) is 19.5. The van der Waals surface area contributed by atoms with Crippen molar-refractivity contribution in [3.05, 3.63) is 76.0 Å². The molecule has 0 saturated carbocycles. The number of anilines is 1. The zero-order valence-electron chi connectivity index (χ0n) is 18.7. The first-order valence-electron chi connectivity index (χ1n) is 10.6. The van der Waals surface area contributed by atoms with Crippen LogP contribution in [-0.2, 0) is 9.59 Å². The average molecular weight is 491 g/mol. The molecule has 178 valence electrons. The smallest absolute Gasteiger partial charge is 0.326 e. The minimum atomic E-state index is -5.28. The minimum absolute atomic E-state index is 0.0428. The van der Waals surface area contributed by atoms with E-state index in [-0.39, 0.29) is 34.8 Å². The fourth-order valence-corrected chi connectivity index (χ4v) is 4.78. The van der Waals surface area contributed by atoms with Gasteiger partial charge in [-0.1, -0.05) is 49.2 Å². The van der Waals surface area contributed by atoms with Crippen LogP contribution in [0, 0.1) is 12.3 Å². The van der Waals surface area contributed by atoms with Crippen molar-refractivity contribution in [2.24, 2.45) is 5.41 Å². The second-order valence-electron chi connectivity index (χ2n) is 9.45. The number of hydrogen-bond donors (Lipinski definition) is 1. The van der Waals surface area contributed by atoms with Gasteiger partial charge in [-0.2, -0.15) is 13.2 Å². The third kappa shape index (κ3) is 3.79. The molecule has 5 nitrogen and oxygen atoms in total. The van der Waals surface area contributed by atoms with E-state index in [1.165, 1.54) is 36.4 Å². The number of alkyl halides is 3. The highest BCUT2D eigenvalue weighted by atomic mass is 35.5. The summed E-state index contributed by atoms with van der Waals surface area (Å²) in [6, 6.07) is 11.7. The van der Waals surface area contributed by atoms with Crippen molar-refractivity contribution in [3.8, 4) is 0 Å². The molecule has 0 aromatic heterocycles. The molecule has 1 N–H and O–H groups in total. The molecule has 1 atom stereocenters. The summed E-state index contributed by atoms with van der Waals surface area (Å²) in [5, 5.41) is 2.04. The average Bonchev–Trinajstić information content (AvgIpc) is 2.96. The fraction of sp³-hybridized carbons (Fsp3) is 0.320. The summed E-state index contributed by atoms with van der Waals surface area (Å²) in [7, 11) is 0. The van der Waals surface area contributed by atoms with Crippen LogP contribution in [0.15, 0.2) is 59.8 Å². The molecule has 0 fully saturated rings. The molecule has 0 bridgehead atoms. The van der Waals surface area contributed by atoms with Gasteiger partial charge in [0.2, 0.25) is 5.54 Å². The first-order chi connectivity index (χ1) is 15.8.